The molecule has 1 N–H and O–H groups in total. The van der Waals surface area contributed by atoms with E-state index < -0.39 is 0 Å². The summed E-state index contributed by atoms with van der Waals surface area (Å²) in [5, 5.41) is 16.9. The van der Waals surface area contributed by atoms with Gasteiger partial charge in [0.05, 0.1) is 0 Å². The van der Waals surface area contributed by atoms with E-state index in [4.69, 9.17) is 5.11 Å². The average Bonchev–Trinajstić information content (AvgIpc) is 2.92. The molecule has 3 rings (SSSR count). The second-order valence-electron chi connectivity index (χ2n) is 4.55. The first-order valence-corrected chi connectivity index (χ1v) is 5.37. The third-order valence-corrected chi connectivity index (χ3v) is 3.85. The molecule has 2 bridgehead atoms. The maximum Gasteiger partial charge on any atom is 0.158 e. The standard InChI is InChI=1S/C10H15N3O/c14-5-10-12-11-6-13(10)9-4-7-1-2-8(9)3-7/h6-9,14H,1-5H2. The van der Waals surface area contributed by atoms with Crippen molar-refractivity contribution in [3.05, 3.63) is 12.2 Å². The van der Waals surface area contributed by atoms with Crippen molar-refractivity contribution in [3.8, 4) is 0 Å². The first-order valence-electron chi connectivity index (χ1n) is 5.37. The fraction of sp³-hybridized carbons (Fsp3) is 0.800. The van der Waals surface area contributed by atoms with Crippen LogP contribution >= 0.6 is 0 Å². The highest BCUT2D eigenvalue weighted by atomic mass is 16.3. The maximum absolute atomic E-state index is 9.11. The molecule has 1 heterocycles. The number of rotatable bonds is 2. The highest BCUT2D eigenvalue weighted by Crippen LogP contribution is 2.50. The quantitative estimate of drug-likeness (QED) is 0.766. The molecule has 76 valence electrons. The Hall–Kier alpha value is -0.900. The van der Waals surface area contributed by atoms with Gasteiger partial charge in [-0.1, -0.05) is 6.42 Å². The molecule has 2 aliphatic rings. The van der Waals surface area contributed by atoms with Crippen molar-refractivity contribution in [3.63, 3.8) is 0 Å². The van der Waals surface area contributed by atoms with Crippen LogP contribution in [0, 0.1) is 11.8 Å². The lowest BCUT2D eigenvalue weighted by atomic mass is 9.95. The number of fused-ring (bicyclic) bond motifs is 2. The molecule has 0 aliphatic heterocycles. The molecule has 4 nitrogen and oxygen atoms in total. The number of hydrogen-bond acceptors (Lipinski definition) is 3. The van der Waals surface area contributed by atoms with E-state index in [9.17, 15) is 0 Å². The number of nitrogens with zero attached hydrogens (tertiary/aromatic N) is 3. The third-order valence-electron chi connectivity index (χ3n) is 3.85. The van der Waals surface area contributed by atoms with Gasteiger partial charge in [-0.05, 0) is 31.1 Å². The lowest BCUT2D eigenvalue weighted by molar-refractivity contribution is 0.246. The van der Waals surface area contributed by atoms with E-state index in [1.165, 1.54) is 25.7 Å². The molecule has 1 aromatic rings. The number of hydrogen-bond donors (Lipinski definition) is 1. The lowest BCUT2D eigenvalue weighted by Crippen LogP contribution is -2.17. The van der Waals surface area contributed by atoms with Crippen LogP contribution in [0.1, 0.15) is 37.5 Å². The zero-order valence-corrected chi connectivity index (χ0v) is 8.13. The fourth-order valence-corrected chi connectivity index (χ4v) is 3.21. The highest BCUT2D eigenvalue weighted by Gasteiger charge is 2.40. The summed E-state index contributed by atoms with van der Waals surface area (Å²) in [5.74, 6) is 2.45. The number of aliphatic hydroxyl groups excluding tert-OH is 1. The third kappa shape index (κ3) is 1.10. The minimum absolute atomic E-state index is 0.00782. The van der Waals surface area contributed by atoms with Crippen LogP contribution in [-0.2, 0) is 6.61 Å². The Morgan fingerprint density at radius 1 is 1.43 bits per heavy atom. The van der Waals surface area contributed by atoms with Crippen LogP contribution in [0.25, 0.3) is 0 Å². The van der Waals surface area contributed by atoms with Gasteiger partial charge in [0, 0.05) is 6.04 Å². The number of aliphatic hydroxyl groups is 1. The van der Waals surface area contributed by atoms with Crippen molar-refractivity contribution in [2.75, 3.05) is 0 Å². The summed E-state index contributed by atoms with van der Waals surface area (Å²) in [7, 11) is 0. The zero-order valence-electron chi connectivity index (χ0n) is 8.13. The fourth-order valence-electron chi connectivity index (χ4n) is 3.21. The van der Waals surface area contributed by atoms with Crippen LogP contribution in [0.15, 0.2) is 6.33 Å². The van der Waals surface area contributed by atoms with Gasteiger partial charge in [-0.3, -0.25) is 0 Å². The molecule has 0 amide bonds. The molecule has 2 saturated carbocycles. The molecule has 2 aliphatic carbocycles. The Bertz CT molecular complexity index is 336. The first kappa shape index (κ1) is 8.41. The van der Waals surface area contributed by atoms with Gasteiger partial charge < -0.3 is 9.67 Å². The molecular formula is C10H15N3O. The Kier molecular flexibility index (Phi) is 1.83. The molecule has 1 aromatic heterocycles. The number of aromatic nitrogens is 3. The summed E-state index contributed by atoms with van der Waals surface area (Å²) >= 11 is 0. The van der Waals surface area contributed by atoms with Crippen LogP contribution in [-0.4, -0.2) is 19.9 Å². The van der Waals surface area contributed by atoms with Gasteiger partial charge in [0.15, 0.2) is 5.82 Å². The monoisotopic (exact) mass is 193 g/mol. The molecule has 0 spiro atoms. The van der Waals surface area contributed by atoms with Crippen molar-refractivity contribution in [2.45, 2.75) is 38.3 Å². The van der Waals surface area contributed by atoms with Crippen LogP contribution in [0.2, 0.25) is 0 Å². The van der Waals surface area contributed by atoms with Gasteiger partial charge >= 0.3 is 0 Å². The van der Waals surface area contributed by atoms with E-state index in [2.05, 4.69) is 14.8 Å². The van der Waals surface area contributed by atoms with Gasteiger partial charge in [-0.25, -0.2) is 0 Å². The molecule has 14 heavy (non-hydrogen) atoms. The molecule has 0 aromatic carbocycles. The first-order chi connectivity index (χ1) is 6.88. The Morgan fingerprint density at radius 2 is 2.36 bits per heavy atom. The van der Waals surface area contributed by atoms with Gasteiger partial charge in [0.1, 0.15) is 12.9 Å². The predicted octanol–water partition coefficient (Wildman–Crippen LogP) is 1.13. The Labute approximate surface area is 83.0 Å². The van der Waals surface area contributed by atoms with Gasteiger partial charge in [0.25, 0.3) is 0 Å². The SMILES string of the molecule is OCc1nncn1C1CC2CCC1C2. The maximum atomic E-state index is 9.11. The second-order valence-corrected chi connectivity index (χ2v) is 4.55. The summed E-state index contributed by atoms with van der Waals surface area (Å²) in [6.07, 6.45) is 7.15. The van der Waals surface area contributed by atoms with Gasteiger partial charge in [-0.15, -0.1) is 10.2 Å². The molecular weight excluding hydrogens is 178 g/mol. The largest absolute Gasteiger partial charge is 0.388 e. The molecule has 0 saturated heterocycles. The van der Waals surface area contributed by atoms with Crippen molar-refractivity contribution < 1.29 is 5.11 Å². The van der Waals surface area contributed by atoms with E-state index in [1.807, 2.05) is 0 Å². The van der Waals surface area contributed by atoms with Crippen LogP contribution < -0.4 is 0 Å². The Balaban J connectivity index is 1.89. The van der Waals surface area contributed by atoms with Crippen molar-refractivity contribution in [1.29, 1.82) is 0 Å². The van der Waals surface area contributed by atoms with Crippen LogP contribution in [0.5, 0.6) is 0 Å². The van der Waals surface area contributed by atoms with Crippen molar-refractivity contribution in [2.24, 2.45) is 11.8 Å². The van der Waals surface area contributed by atoms with Gasteiger partial charge in [-0.2, -0.15) is 0 Å². The summed E-state index contributed by atoms with van der Waals surface area (Å²) < 4.78 is 2.09. The highest BCUT2D eigenvalue weighted by molar-refractivity contribution is 4.98. The van der Waals surface area contributed by atoms with Crippen LogP contribution in [0.4, 0.5) is 0 Å². The summed E-state index contributed by atoms with van der Waals surface area (Å²) in [4.78, 5) is 0. The Morgan fingerprint density at radius 3 is 3.00 bits per heavy atom. The minimum Gasteiger partial charge on any atom is -0.388 e. The molecule has 2 fully saturated rings. The van der Waals surface area contributed by atoms with E-state index in [0.29, 0.717) is 6.04 Å². The van der Waals surface area contributed by atoms with Crippen molar-refractivity contribution >= 4 is 0 Å². The van der Waals surface area contributed by atoms with Crippen molar-refractivity contribution in [1.82, 2.24) is 14.8 Å². The van der Waals surface area contributed by atoms with E-state index in [0.717, 1.165) is 17.7 Å². The van der Waals surface area contributed by atoms with E-state index >= 15 is 0 Å². The molecule has 3 unspecified atom stereocenters. The predicted molar refractivity (Wildman–Crippen MR) is 50.4 cm³/mol. The molecule has 4 heteroatoms. The topological polar surface area (TPSA) is 50.9 Å². The summed E-state index contributed by atoms with van der Waals surface area (Å²) in [6, 6.07) is 0.561. The van der Waals surface area contributed by atoms with E-state index in [-0.39, 0.29) is 6.61 Å². The summed E-state index contributed by atoms with van der Waals surface area (Å²) in [6.45, 7) is 0.00782. The zero-order chi connectivity index (χ0) is 9.54. The lowest BCUT2D eigenvalue weighted by Gasteiger charge is -2.23. The smallest absolute Gasteiger partial charge is 0.158 e. The average molecular weight is 193 g/mol. The summed E-state index contributed by atoms with van der Waals surface area (Å²) in [5.41, 5.74) is 0. The second kappa shape index (κ2) is 3.05. The van der Waals surface area contributed by atoms with E-state index in [1.54, 1.807) is 6.33 Å². The molecule has 0 radical (unpaired) electrons. The normalized spacial score (nSPS) is 35.4. The van der Waals surface area contributed by atoms with Gasteiger partial charge in [0.2, 0.25) is 0 Å². The minimum atomic E-state index is 0.00782. The van der Waals surface area contributed by atoms with Crippen LogP contribution in [0.3, 0.4) is 0 Å². The molecule has 3 atom stereocenters.